The van der Waals surface area contributed by atoms with Gasteiger partial charge >= 0.3 is 0 Å². The molecular formula is C9H19NO3. The van der Waals surface area contributed by atoms with E-state index in [0.29, 0.717) is 13.2 Å². The molecule has 0 rings (SSSR count). The lowest BCUT2D eigenvalue weighted by atomic mass is 10.4. The lowest BCUT2D eigenvalue weighted by Crippen LogP contribution is -2.33. The molecule has 1 unspecified atom stereocenters. The Morgan fingerprint density at radius 2 is 2.23 bits per heavy atom. The van der Waals surface area contributed by atoms with Gasteiger partial charge in [0.2, 0.25) is 5.91 Å². The number of ether oxygens (including phenoxy) is 2. The Labute approximate surface area is 79.6 Å². The van der Waals surface area contributed by atoms with E-state index in [-0.39, 0.29) is 12.2 Å². The molecule has 1 N–H and O–H groups in total. The first-order valence-corrected chi connectivity index (χ1v) is 4.59. The summed E-state index contributed by atoms with van der Waals surface area (Å²) < 4.78 is 10.4. The van der Waals surface area contributed by atoms with Crippen LogP contribution in [0.5, 0.6) is 0 Å². The van der Waals surface area contributed by atoms with Crippen molar-refractivity contribution in [3.8, 4) is 0 Å². The number of amides is 1. The Balaban J connectivity index is 3.45. The van der Waals surface area contributed by atoms with Crippen LogP contribution < -0.4 is 5.32 Å². The highest BCUT2D eigenvalue weighted by Gasteiger charge is 2.06. The van der Waals surface area contributed by atoms with Gasteiger partial charge in [-0.1, -0.05) is 13.3 Å². The van der Waals surface area contributed by atoms with Gasteiger partial charge in [0.15, 0.2) is 6.29 Å². The molecule has 78 valence electrons. The van der Waals surface area contributed by atoms with Crippen molar-refractivity contribution in [1.29, 1.82) is 0 Å². The number of hydrogen-bond acceptors (Lipinski definition) is 3. The second-order valence-corrected chi connectivity index (χ2v) is 2.83. The van der Waals surface area contributed by atoms with Gasteiger partial charge < -0.3 is 14.8 Å². The summed E-state index contributed by atoms with van der Waals surface area (Å²) >= 11 is 0. The van der Waals surface area contributed by atoms with E-state index in [9.17, 15) is 4.79 Å². The number of methoxy groups -OCH3 is 1. The van der Waals surface area contributed by atoms with Gasteiger partial charge in [-0.2, -0.15) is 0 Å². The predicted molar refractivity (Wildman–Crippen MR) is 50.3 cm³/mol. The van der Waals surface area contributed by atoms with Crippen LogP contribution in [0.15, 0.2) is 0 Å². The van der Waals surface area contributed by atoms with Crippen molar-refractivity contribution >= 4 is 5.91 Å². The summed E-state index contributed by atoms with van der Waals surface area (Å²) in [6.07, 6.45) is 1.78. The Morgan fingerprint density at radius 1 is 1.54 bits per heavy atom. The van der Waals surface area contributed by atoms with Gasteiger partial charge in [-0.3, -0.25) is 4.79 Å². The fourth-order valence-corrected chi connectivity index (χ4v) is 0.796. The quantitative estimate of drug-likeness (QED) is 0.478. The van der Waals surface area contributed by atoms with E-state index in [1.54, 1.807) is 7.11 Å². The topological polar surface area (TPSA) is 47.6 Å². The standard InChI is InChI=1S/C9H19NO3/c1-4-5-6-13-9(12-3)7-10-8(2)11/h9H,4-7H2,1-3H3,(H,10,11). The van der Waals surface area contributed by atoms with Crippen LogP contribution in [-0.2, 0) is 14.3 Å². The van der Waals surface area contributed by atoms with Crippen LogP contribution in [-0.4, -0.2) is 32.5 Å². The van der Waals surface area contributed by atoms with Gasteiger partial charge in [-0.25, -0.2) is 0 Å². The summed E-state index contributed by atoms with van der Waals surface area (Å²) in [6, 6.07) is 0. The second kappa shape index (κ2) is 8.01. The van der Waals surface area contributed by atoms with Crippen LogP contribution in [0.3, 0.4) is 0 Å². The summed E-state index contributed by atoms with van der Waals surface area (Å²) in [4.78, 5) is 10.6. The second-order valence-electron chi connectivity index (χ2n) is 2.83. The lowest BCUT2D eigenvalue weighted by molar-refractivity contribution is -0.132. The third kappa shape index (κ3) is 7.74. The Morgan fingerprint density at radius 3 is 2.69 bits per heavy atom. The molecule has 0 aromatic carbocycles. The molecule has 1 atom stereocenters. The molecule has 0 aromatic heterocycles. The van der Waals surface area contributed by atoms with Gasteiger partial charge in [0.1, 0.15) is 0 Å². The Hall–Kier alpha value is -0.610. The molecule has 0 aliphatic carbocycles. The first-order valence-electron chi connectivity index (χ1n) is 4.59. The van der Waals surface area contributed by atoms with Crippen molar-refractivity contribution in [1.82, 2.24) is 5.32 Å². The maximum atomic E-state index is 10.6. The third-order valence-corrected chi connectivity index (χ3v) is 1.58. The largest absolute Gasteiger partial charge is 0.354 e. The minimum Gasteiger partial charge on any atom is -0.354 e. The summed E-state index contributed by atoms with van der Waals surface area (Å²) in [5.41, 5.74) is 0. The molecule has 0 radical (unpaired) electrons. The van der Waals surface area contributed by atoms with E-state index >= 15 is 0 Å². The monoisotopic (exact) mass is 189 g/mol. The van der Waals surface area contributed by atoms with Gasteiger partial charge in [-0.15, -0.1) is 0 Å². The molecule has 13 heavy (non-hydrogen) atoms. The number of rotatable bonds is 7. The van der Waals surface area contributed by atoms with Crippen molar-refractivity contribution in [3.05, 3.63) is 0 Å². The van der Waals surface area contributed by atoms with E-state index in [4.69, 9.17) is 9.47 Å². The van der Waals surface area contributed by atoms with Crippen molar-refractivity contribution in [3.63, 3.8) is 0 Å². The molecule has 4 heteroatoms. The van der Waals surface area contributed by atoms with Crippen LogP contribution in [0.2, 0.25) is 0 Å². The first-order chi connectivity index (χ1) is 6.20. The van der Waals surface area contributed by atoms with Gasteiger partial charge in [0.25, 0.3) is 0 Å². The van der Waals surface area contributed by atoms with E-state index in [1.165, 1.54) is 6.92 Å². The van der Waals surface area contributed by atoms with Crippen LogP contribution in [0, 0.1) is 0 Å². The molecule has 0 bridgehead atoms. The van der Waals surface area contributed by atoms with Crippen molar-refractivity contribution in [2.45, 2.75) is 33.0 Å². The van der Waals surface area contributed by atoms with Gasteiger partial charge in [0.05, 0.1) is 6.54 Å². The maximum Gasteiger partial charge on any atom is 0.217 e. The molecule has 0 heterocycles. The fraction of sp³-hybridized carbons (Fsp3) is 0.889. The average Bonchev–Trinajstić information content (AvgIpc) is 2.10. The highest BCUT2D eigenvalue weighted by atomic mass is 16.7. The van der Waals surface area contributed by atoms with Crippen molar-refractivity contribution in [2.75, 3.05) is 20.3 Å². The fourth-order valence-electron chi connectivity index (χ4n) is 0.796. The van der Waals surface area contributed by atoms with Crippen LogP contribution >= 0.6 is 0 Å². The zero-order valence-electron chi connectivity index (χ0n) is 8.63. The molecular weight excluding hydrogens is 170 g/mol. The summed E-state index contributed by atoms with van der Waals surface area (Å²) in [5.74, 6) is -0.0684. The zero-order chi connectivity index (χ0) is 10.1. The first kappa shape index (κ1) is 12.4. The number of nitrogens with one attached hydrogen (secondary N) is 1. The lowest BCUT2D eigenvalue weighted by Gasteiger charge is -2.15. The number of unbranched alkanes of at least 4 members (excludes halogenated alkanes) is 1. The molecule has 0 fully saturated rings. The zero-order valence-corrected chi connectivity index (χ0v) is 8.63. The van der Waals surface area contributed by atoms with Crippen molar-refractivity contribution < 1.29 is 14.3 Å². The highest BCUT2D eigenvalue weighted by molar-refractivity contribution is 5.72. The molecule has 0 saturated carbocycles. The van der Waals surface area contributed by atoms with E-state index in [0.717, 1.165) is 12.8 Å². The van der Waals surface area contributed by atoms with Gasteiger partial charge in [-0.05, 0) is 6.42 Å². The predicted octanol–water partition coefficient (Wildman–Crippen LogP) is 0.912. The minimum atomic E-state index is -0.324. The van der Waals surface area contributed by atoms with Crippen LogP contribution in [0.25, 0.3) is 0 Å². The smallest absolute Gasteiger partial charge is 0.217 e. The van der Waals surface area contributed by atoms with Crippen LogP contribution in [0.4, 0.5) is 0 Å². The molecule has 4 nitrogen and oxygen atoms in total. The van der Waals surface area contributed by atoms with E-state index in [2.05, 4.69) is 12.2 Å². The number of hydrogen-bond donors (Lipinski definition) is 1. The molecule has 0 spiro atoms. The summed E-state index contributed by atoms with van der Waals surface area (Å²) in [7, 11) is 1.57. The summed E-state index contributed by atoms with van der Waals surface area (Å²) in [5, 5.41) is 2.63. The number of carbonyl (C=O) groups is 1. The minimum absolute atomic E-state index is 0.0684. The molecule has 0 aliphatic heterocycles. The maximum absolute atomic E-state index is 10.6. The Bertz CT molecular complexity index is 139. The highest BCUT2D eigenvalue weighted by Crippen LogP contribution is 1.95. The Kier molecular flexibility index (Phi) is 7.63. The van der Waals surface area contributed by atoms with Crippen LogP contribution in [0.1, 0.15) is 26.7 Å². The average molecular weight is 189 g/mol. The third-order valence-electron chi connectivity index (χ3n) is 1.58. The van der Waals surface area contributed by atoms with Gasteiger partial charge in [0, 0.05) is 20.6 Å². The van der Waals surface area contributed by atoms with E-state index in [1.807, 2.05) is 0 Å². The molecule has 0 aliphatic rings. The molecule has 1 amide bonds. The summed E-state index contributed by atoms with van der Waals surface area (Å²) in [6.45, 7) is 4.65. The van der Waals surface area contributed by atoms with E-state index < -0.39 is 0 Å². The molecule has 0 aromatic rings. The SMILES string of the molecule is CCCCOC(CNC(C)=O)OC. The number of carbonyl (C=O) groups excluding carboxylic acids is 1. The molecule has 0 saturated heterocycles. The normalized spacial score (nSPS) is 12.5. The van der Waals surface area contributed by atoms with Crippen molar-refractivity contribution in [2.24, 2.45) is 0 Å².